The zero-order chi connectivity index (χ0) is 11.5. The largest absolute Gasteiger partial charge is 0.382 e. The van der Waals surface area contributed by atoms with Crippen molar-refractivity contribution in [2.24, 2.45) is 0 Å². The summed E-state index contributed by atoms with van der Waals surface area (Å²) in [5, 5.41) is 0. The summed E-state index contributed by atoms with van der Waals surface area (Å²) in [7, 11) is 0. The number of hydrogen-bond acceptors (Lipinski definition) is 4. The molecule has 0 unspecified atom stereocenters. The van der Waals surface area contributed by atoms with Crippen LogP contribution in [0.1, 0.15) is 17.3 Å². The quantitative estimate of drug-likeness (QED) is 0.774. The Bertz CT molecular complexity index is 520. The van der Waals surface area contributed by atoms with Gasteiger partial charge in [-0.25, -0.2) is 4.98 Å². The minimum Gasteiger partial charge on any atom is -0.382 e. The minimum absolute atomic E-state index is 0.0465. The summed E-state index contributed by atoms with van der Waals surface area (Å²) < 4.78 is 0. The van der Waals surface area contributed by atoms with Crippen LogP contribution in [0.15, 0.2) is 36.7 Å². The van der Waals surface area contributed by atoms with Crippen LogP contribution in [0.3, 0.4) is 0 Å². The molecular formula is C12H11N3O. The van der Waals surface area contributed by atoms with E-state index in [0.29, 0.717) is 17.1 Å². The van der Waals surface area contributed by atoms with Crippen LogP contribution < -0.4 is 5.73 Å². The third-order valence-corrected chi connectivity index (χ3v) is 2.24. The highest BCUT2D eigenvalue weighted by Gasteiger charge is 2.02. The smallest absolute Gasteiger partial charge is 0.159 e. The molecule has 0 radical (unpaired) electrons. The lowest BCUT2D eigenvalue weighted by Crippen LogP contribution is -1.94. The molecule has 0 bridgehead atoms. The Morgan fingerprint density at radius 3 is 2.44 bits per heavy atom. The number of benzene rings is 1. The van der Waals surface area contributed by atoms with Gasteiger partial charge in [-0.15, -0.1) is 0 Å². The van der Waals surface area contributed by atoms with Gasteiger partial charge in [0.15, 0.2) is 5.78 Å². The Morgan fingerprint density at radius 1 is 1.19 bits per heavy atom. The molecule has 0 fully saturated rings. The number of nitrogens with zero attached hydrogens (tertiary/aromatic N) is 2. The molecular weight excluding hydrogens is 202 g/mol. The van der Waals surface area contributed by atoms with Gasteiger partial charge in [-0.05, 0) is 6.92 Å². The lowest BCUT2D eigenvalue weighted by molar-refractivity contribution is 0.101. The molecule has 16 heavy (non-hydrogen) atoms. The summed E-state index contributed by atoms with van der Waals surface area (Å²) >= 11 is 0. The first-order valence-corrected chi connectivity index (χ1v) is 4.86. The van der Waals surface area contributed by atoms with E-state index >= 15 is 0 Å². The van der Waals surface area contributed by atoms with Gasteiger partial charge in [0.1, 0.15) is 5.82 Å². The fraction of sp³-hybridized carbons (Fsp3) is 0.0833. The summed E-state index contributed by atoms with van der Waals surface area (Å²) in [5.74, 6) is 0.429. The van der Waals surface area contributed by atoms with Crippen LogP contribution in [0.25, 0.3) is 11.3 Å². The molecule has 80 valence electrons. The van der Waals surface area contributed by atoms with E-state index in [2.05, 4.69) is 9.97 Å². The number of nitrogen functional groups attached to an aromatic ring is 1. The first-order chi connectivity index (χ1) is 7.66. The summed E-state index contributed by atoms with van der Waals surface area (Å²) in [4.78, 5) is 19.2. The molecule has 1 aromatic carbocycles. The second-order valence-electron chi connectivity index (χ2n) is 3.46. The van der Waals surface area contributed by atoms with E-state index in [4.69, 9.17) is 5.73 Å². The van der Waals surface area contributed by atoms with Gasteiger partial charge in [0.2, 0.25) is 0 Å². The maximum absolute atomic E-state index is 11.1. The van der Waals surface area contributed by atoms with Crippen LogP contribution >= 0.6 is 0 Å². The van der Waals surface area contributed by atoms with Crippen molar-refractivity contribution in [1.82, 2.24) is 9.97 Å². The van der Waals surface area contributed by atoms with Gasteiger partial charge in [0.05, 0.1) is 18.1 Å². The topological polar surface area (TPSA) is 68.9 Å². The van der Waals surface area contributed by atoms with E-state index in [1.54, 1.807) is 18.3 Å². The van der Waals surface area contributed by atoms with Crippen LogP contribution in [0, 0.1) is 0 Å². The Balaban J connectivity index is 2.38. The highest BCUT2D eigenvalue weighted by molar-refractivity contribution is 5.94. The molecule has 0 aliphatic carbocycles. The van der Waals surface area contributed by atoms with Crippen molar-refractivity contribution in [3.63, 3.8) is 0 Å². The highest BCUT2D eigenvalue weighted by Crippen LogP contribution is 2.17. The van der Waals surface area contributed by atoms with Gasteiger partial charge < -0.3 is 5.73 Å². The molecule has 0 saturated carbocycles. The summed E-state index contributed by atoms with van der Waals surface area (Å²) in [6.07, 6.45) is 3.13. The van der Waals surface area contributed by atoms with Crippen molar-refractivity contribution in [3.05, 3.63) is 42.2 Å². The monoisotopic (exact) mass is 213 g/mol. The lowest BCUT2D eigenvalue weighted by atomic mass is 10.1. The van der Waals surface area contributed by atoms with E-state index in [9.17, 15) is 4.79 Å². The van der Waals surface area contributed by atoms with Crippen molar-refractivity contribution in [3.8, 4) is 11.3 Å². The van der Waals surface area contributed by atoms with E-state index in [-0.39, 0.29) is 5.78 Å². The fourth-order valence-electron chi connectivity index (χ4n) is 1.40. The van der Waals surface area contributed by atoms with Crippen LogP contribution in [0.5, 0.6) is 0 Å². The molecule has 2 rings (SSSR count). The van der Waals surface area contributed by atoms with Crippen LogP contribution in [-0.4, -0.2) is 15.8 Å². The van der Waals surface area contributed by atoms with Crippen molar-refractivity contribution in [2.75, 3.05) is 5.73 Å². The molecule has 0 spiro atoms. The Labute approximate surface area is 93.2 Å². The Hall–Kier alpha value is -2.23. The maximum Gasteiger partial charge on any atom is 0.159 e. The predicted molar refractivity (Wildman–Crippen MR) is 61.9 cm³/mol. The van der Waals surface area contributed by atoms with E-state index in [1.165, 1.54) is 13.1 Å². The average Bonchev–Trinajstić information content (AvgIpc) is 2.29. The number of carbonyl (C=O) groups excluding carboxylic acids is 1. The first-order valence-electron chi connectivity index (χ1n) is 4.86. The number of rotatable bonds is 2. The maximum atomic E-state index is 11.1. The molecule has 0 amide bonds. The molecule has 1 heterocycles. The number of nitrogens with two attached hydrogens (primary N) is 1. The highest BCUT2D eigenvalue weighted by atomic mass is 16.1. The number of ketones is 1. The molecule has 0 saturated heterocycles. The van der Waals surface area contributed by atoms with Gasteiger partial charge in [0, 0.05) is 11.1 Å². The van der Waals surface area contributed by atoms with Crippen molar-refractivity contribution in [1.29, 1.82) is 0 Å². The molecule has 0 aliphatic rings. The second kappa shape index (κ2) is 4.10. The number of anilines is 1. The van der Waals surface area contributed by atoms with Gasteiger partial charge in [0.25, 0.3) is 0 Å². The van der Waals surface area contributed by atoms with Gasteiger partial charge in [-0.1, -0.05) is 24.3 Å². The minimum atomic E-state index is 0.0465. The van der Waals surface area contributed by atoms with E-state index in [0.717, 1.165) is 5.56 Å². The summed E-state index contributed by atoms with van der Waals surface area (Å²) in [5.41, 5.74) is 7.82. The normalized spacial score (nSPS) is 10.1. The number of carbonyl (C=O) groups is 1. The average molecular weight is 213 g/mol. The number of aromatic nitrogens is 2. The molecule has 1 aromatic heterocycles. The summed E-state index contributed by atoms with van der Waals surface area (Å²) in [6.45, 7) is 1.54. The molecule has 0 atom stereocenters. The van der Waals surface area contributed by atoms with Gasteiger partial charge >= 0.3 is 0 Å². The van der Waals surface area contributed by atoms with Crippen LogP contribution in [0.4, 0.5) is 5.82 Å². The Kier molecular flexibility index (Phi) is 2.64. The number of Topliss-reactive ketones (excluding diaryl/α,β-unsaturated/α-hetero) is 1. The fourth-order valence-corrected chi connectivity index (χ4v) is 1.40. The molecule has 4 nitrogen and oxygen atoms in total. The van der Waals surface area contributed by atoms with Crippen molar-refractivity contribution < 1.29 is 4.79 Å². The second-order valence-corrected chi connectivity index (χ2v) is 3.46. The zero-order valence-corrected chi connectivity index (χ0v) is 8.84. The van der Waals surface area contributed by atoms with E-state index < -0.39 is 0 Å². The molecule has 4 heteroatoms. The number of hydrogen-bond donors (Lipinski definition) is 1. The molecule has 0 aliphatic heterocycles. The molecule has 2 N–H and O–H groups in total. The zero-order valence-electron chi connectivity index (χ0n) is 8.84. The lowest BCUT2D eigenvalue weighted by Gasteiger charge is -2.02. The van der Waals surface area contributed by atoms with Crippen molar-refractivity contribution >= 4 is 11.6 Å². The Morgan fingerprint density at radius 2 is 1.88 bits per heavy atom. The standard InChI is InChI=1S/C12H11N3O/c1-8(16)9-2-4-10(5-3-9)11-6-14-7-12(13)15-11/h2-7H,1H3,(H2,13,15). The van der Waals surface area contributed by atoms with E-state index in [1.807, 2.05) is 12.1 Å². The van der Waals surface area contributed by atoms with Crippen LogP contribution in [0.2, 0.25) is 0 Å². The third-order valence-electron chi connectivity index (χ3n) is 2.24. The van der Waals surface area contributed by atoms with Crippen molar-refractivity contribution in [2.45, 2.75) is 6.92 Å². The van der Waals surface area contributed by atoms with Crippen LogP contribution in [-0.2, 0) is 0 Å². The molecule has 2 aromatic rings. The van der Waals surface area contributed by atoms with Gasteiger partial charge in [-0.3, -0.25) is 9.78 Å². The third kappa shape index (κ3) is 2.06. The first kappa shape index (κ1) is 10.3. The SMILES string of the molecule is CC(=O)c1ccc(-c2cncc(N)n2)cc1. The summed E-state index contributed by atoms with van der Waals surface area (Å²) in [6, 6.07) is 7.20. The van der Waals surface area contributed by atoms with Gasteiger partial charge in [-0.2, -0.15) is 0 Å². The predicted octanol–water partition coefficient (Wildman–Crippen LogP) is 1.93.